The Morgan fingerprint density at radius 1 is 1.04 bits per heavy atom. The van der Waals surface area contributed by atoms with Crippen LogP contribution < -0.4 is 0 Å². The Bertz CT molecular complexity index is 649. The van der Waals surface area contributed by atoms with Crippen LogP contribution in [0.15, 0.2) is 54.6 Å². The molecule has 0 fully saturated rings. The standard InChI is InChI=1S/C18H18O5/c1-13(23-18(21)15-7-9-16(19)10-8-15)17(20)22-12-11-14-5-3-2-4-6-14/h2-10,13,19H,11-12H2,1H3/t13-/m1/s1. The molecule has 0 aromatic heterocycles. The fourth-order valence-corrected chi connectivity index (χ4v) is 1.91. The van der Waals surface area contributed by atoms with E-state index in [4.69, 9.17) is 9.47 Å². The van der Waals surface area contributed by atoms with Crippen LogP contribution in [0, 0.1) is 0 Å². The highest BCUT2D eigenvalue weighted by Gasteiger charge is 2.20. The van der Waals surface area contributed by atoms with Crippen molar-refractivity contribution in [1.82, 2.24) is 0 Å². The maximum atomic E-state index is 11.9. The fourth-order valence-electron chi connectivity index (χ4n) is 1.91. The molecule has 0 radical (unpaired) electrons. The molecule has 0 aliphatic carbocycles. The van der Waals surface area contributed by atoms with E-state index in [1.54, 1.807) is 0 Å². The van der Waals surface area contributed by atoms with E-state index in [0.717, 1.165) is 5.56 Å². The van der Waals surface area contributed by atoms with Gasteiger partial charge in [-0.1, -0.05) is 30.3 Å². The molecule has 0 unspecified atom stereocenters. The lowest BCUT2D eigenvalue weighted by molar-refractivity contribution is -0.152. The Balaban J connectivity index is 1.78. The molecule has 120 valence electrons. The van der Waals surface area contributed by atoms with Gasteiger partial charge in [0.2, 0.25) is 0 Å². The summed E-state index contributed by atoms with van der Waals surface area (Å²) in [5.74, 6) is -1.18. The predicted octanol–water partition coefficient (Wildman–Crippen LogP) is 2.72. The summed E-state index contributed by atoms with van der Waals surface area (Å²) in [5.41, 5.74) is 1.32. The zero-order chi connectivity index (χ0) is 16.7. The fraction of sp³-hybridized carbons (Fsp3) is 0.222. The third kappa shape index (κ3) is 5.14. The number of rotatable bonds is 6. The van der Waals surface area contributed by atoms with Crippen molar-refractivity contribution in [3.8, 4) is 5.75 Å². The van der Waals surface area contributed by atoms with E-state index in [1.165, 1.54) is 31.2 Å². The molecule has 0 saturated heterocycles. The Morgan fingerprint density at radius 3 is 2.35 bits per heavy atom. The normalized spacial score (nSPS) is 11.5. The van der Waals surface area contributed by atoms with Crippen molar-refractivity contribution in [3.05, 3.63) is 65.7 Å². The Kier molecular flexibility index (Phi) is 5.74. The third-order valence-electron chi connectivity index (χ3n) is 3.20. The first kappa shape index (κ1) is 16.5. The SMILES string of the molecule is C[C@@H](OC(=O)c1ccc(O)cc1)C(=O)OCCc1ccccc1. The second-order valence-corrected chi connectivity index (χ2v) is 5.00. The molecule has 0 aliphatic heterocycles. The van der Waals surface area contributed by atoms with Gasteiger partial charge in [0.1, 0.15) is 5.75 Å². The zero-order valence-electron chi connectivity index (χ0n) is 12.8. The van der Waals surface area contributed by atoms with E-state index in [-0.39, 0.29) is 17.9 Å². The van der Waals surface area contributed by atoms with Gasteiger partial charge in [0.25, 0.3) is 0 Å². The number of aromatic hydroxyl groups is 1. The summed E-state index contributed by atoms with van der Waals surface area (Å²) in [5, 5.41) is 9.17. The number of hydrogen-bond acceptors (Lipinski definition) is 5. The summed E-state index contributed by atoms with van der Waals surface area (Å²) >= 11 is 0. The second kappa shape index (κ2) is 7.98. The minimum Gasteiger partial charge on any atom is -0.508 e. The highest BCUT2D eigenvalue weighted by Crippen LogP contribution is 2.11. The molecule has 0 spiro atoms. The van der Waals surface area contributed by atoms with Gasteiger partial charge < -0.3 is 14.6 Å². The molecular weight excluding hydrogens is 296 g/mol. The molecule has 0 aliphatic rings. The third-order valence-corrected chi connectivity index (χ3v) is 3.20. The van der Waals surface area contributed by atoms with Gasteiger partial charge in [0.05, 0.1) is 12.2 Å². The molecule has 2 aromatic carbocycles. The van der Waals surface area contributed by atoms with Gasteiger partial charge in [-0.3, -0.25) is 0 Å². The lowest BCUT2D eigenvalue weighted by Gasteiger charge is -2.13. The summed E-state index contributed by atoms with van der Waals surface area (Å²) in [6.07, 6.45) is -0.391. The van der Waals surface area contributed by atoms with Gasteiger partial charge >= 0.3 is 11.9 Å². The average molecular weight is 314 g/mol. The van der Waals surface area contributed by atoms with Crippen LogP contribution in [0.1, 0.15) is 22.8 Å². The van der Waals surface area contributed by atoms with Crippen molar-refractivity contribution < 1.29 is 24.2 Å². The van der Waals surface area contributed by atoms with E-state index in [2.05, 4.69) is 0 Å². The lowest BCUT2D eigenvalue weighted by atomic mass is 10.2. The molecule has 0 bridgehead atoms. The maximum absolute atomic E-state index is 11.9. The largest absolute Gasteiger partial charge is 0.508 e. The highest BCUT2D eigenvalue weighted by molar-refractivity contribution is 5.91. The Morgan fingerprint density at radius 2 is 1.70 bits per heavy atom. The van der Waals surface area contributed by atoms with Gasteiger partial charge in [-0.05, 0) is 36.8 Å². The Labute approximate surface area is 134 Å². The number of hydrogen-bond donors (Lipinski definition) is 1. The molecule has 0 heterocycles. The van der Waals surface area contributed by atoms with Crippen LogP contribution >= 0.6 is 0 Å². The van der Waals surface area contributed by atoms with Crippen molar-refractivity contribution in [2.45, 2.75) is 19.4 Å². The molecule has 5 heteroatoms. The Hall–Kier alpha value is -2.82. The molecule has 1 N–H and O–H groups in total. The monoisotopic (exact) mass is 314 g/mol. The van der Waals surface area contributed by atoms with Crippen molar-refractivity contribution in [2.75, 3.05) is 6.61 Å². The molecule has 23 heavy (non-hydrogen) atoms. The van der Waals surface area contributed by atoms with Crippen LogP contribution in [-0.4, -0.2) is 29.8 Å². The van der Waals surface area contributed by atoms with Crippen molar-refractivity contribution in [3.63, 3.8) is 0 Å². The summed E-state index contributed by atoms with van der Waals surface area (Å²) in [6, 6.07) is 15.2. The van der Waals surface area contributed by atoms with E-state index in [1.807, 2.05) is 30.3 Å². The second-order valence-electron chi connectivity index (χ2n) is 5.00. The summed E-state index contributed by atoms with van der Waals surface area (Å²) in [6.45, 7) is 1.69. The van der Waals surface area contributed by atoms with Crippen LogP contribution in [0.3, 0.4) is 0 Å². The molecule has 5 nitrogen and oxygen atoms in total. The highest BCUT2D eigenvalue weighted by atomic mass is 16.6. The maximum Gasteiger partial charge on any atom is 0.347 e. The number of carbonyl (C=O) groups is 2. The van der Waals surface area contributed by atoms with E-state index in [0.29, 0.717) is 6.42 Å². The quantitative estimate of drug-likeness (QED) is 0.830. The van der Waals surface area contributed by atoms with Crippen LogP contribution in [0.2, 0.25) is 0 Å². The number of carbonyl (C=O) groups excluding carboxylic acids is 2. The van der Waals surface area contributed by atoms with Crippen molar-refractivity contribution >= 4 is 11.9 Å². The van der Waals surface area contributed by atoms with Crippen molar-refractivity contribution in [2.24, 2.45) is 0 Å². The number of phenolic OH excluding ortho intramolecular Hbond substituents is 1. The average Bonchev–Trinajstić information content (AvgIpc) is 2.56. The smallest absolute Gasteiger partial charge is 0.347 e. The summed E-state index contributed by atoms with van der Waals surface area (Å²) < 4.78 is 10.2. The predicted molar refractivity (Wildman–Crippen MR) is 84.1 cm³/mol. The minimum atomic E-state index is -0.993. The number of ether oxygens (including phenoxy) is 2. The van der Waals surface area contributed by atoms with Crippen LogP contribution in [0.4, 0.5) is 0 Å². The molecule has 0 amide bonds. The van der Waals surface area contributed by atoms with Gasteiger partial charge in [-0.15, -0.1) is 0 Å². The first-order chi connectivity index (χ1) is 11.1. The van der Waals surface area contributed by atoms with E-state index < -0.39 is 18.0 Å². The lowest BCUT2D eigenvalue weighted by Crippen LogP contribution is -2.27. The van der Waals surface area contributed by atoms with Crippen molar-refractivity contribution in [1.29, 1.82) is 0 Å². The molecule has 1 atom stereocenters. The summed E-state index contributed by atoms with van der Waals surface area (Å²) in [7, 11) is 0. The first-order valence-electron chi connectivity index (χ1n) is 7.27. The van der Waals surface area contributed by atoms with E-state index >= 15 is 0 Å². The number of phenols is 1. The van der Waals surface area contributed by atoms with Gasteiger partial charge in [-0.2, -0.15) is 0 Å². The molecule has 2 rings (SSSR count). The van der Waals surface area contributed by atoms with Gasteiger partial charge in [0, 0.05) is 6.42 Å². The topological polar surface area (TPSA) is 72.8 Å². The number of esters is 2. The van der Waals surface area contributed by atoms with Crippen LogP contribution in [0.5, 0.6) is 5.75 Å². The number of benzene rings is 2. The molecule has 0 saturated carbocycles. The first-order valence-corrected chi connectivity index (χ1v) is 7.27. The minimum absolute atomic E-state index is 0.0509. The summed E-state index contributed by atoms with van der Waals surface area (Å²) in [4.78, 5) is 23.7. The van der Waals surface area contributed by atoms with Crippen LogP contribution in [-0.2, 0) is 20.7 Å². The van der Waals surface area contributed by atoms with Gasteiger partial charge in [0.15, 0.2) is 6.10 Å². The van der Waals surface area contributed by atoms with Crippen LogP contribution in [0.25, 0.3) is 0 Å². The zero-order valence-corrected chi connectivity index (χ0v) is 12.8. The van der Waals surface area contributed by atoms with Gasteiger partial charge in [-0.25, -0.2) is 9.59 Å². The van der Waals surface area contributed by atoms with E-state index in [9.17, 15) is 14.7 Å². The molecular formula is C18H18O5. The molecule has 2 aromatic rings.